The maximum absolute atomic E-state index is 5.92. The van der Waals surface area contributed by atoms with Crippen LogP contribution in [-0.4, -0.2) is 4.98 Å². The molecule has 0 saturated heterocycles. The van der Waals surface area contributed by atoms with E-state index in [1.165, 1.54) is 11.1 Å². The molecule has 0 spiro atoms. The van der Waals surface area contributed by atoms with E-state index in [-0.39, 0.29) is 6.04 Å². The lowest BCUT2D eigenvalue weighted by Crippen LogP contribution is -2.18. The third-order valence-electron chi connectivity index (χ3n) is 2.80. The minimum Gasteiger partial charge on any atom is -0.306 e. The van der Waals surface area contributed by atoms with Crippen molar-refractivity contribution in [1.29, 1.82) is 0 Å². The van der Waals surface area contributed by atoms with Gasteiger partial charge in [0.05, 0.1) is 0 Å². The van der Waals surface area contributed by atoms with Crippen molar-refractivity contribution in [2.75, 3.05) is 0 Å². The number of aromatic nitrogens is 1. The van der Waals surface area contributed by atoms with E-state index in [0.29, 0.717) is 0 Å². The van der Waals surface area contributed by atoms with Crippen LogP contribution in [0.2, 0.25) is 5.02 Å². The Bertz CT molecular complexity index is 516. The Morgan fingerprint density at radius 3 is 2.89 bits per heavy atom. The number of benzene rings is 1. The van der Waals surface area contributed by atoms with Gasteiger partial charge in [-0.15, -0.1) is 0 Å². The average molecular weight is 326 g/mol. The molecular formula is C14H14BrClN2. The van der Waals surface area contributed by atoms with Gasteiger partial charge in [0.1, 0.15) is 0 Å². The normalized spacial score (nSPS) is 12.4. The van der Waals surface area contributed by atoms with Crippen LogP contribution in [0.5, 0.6) is 0 Å². The van der Waals surface area contributed by atoms with E-state index in [1.807, 2.05) is 30.5 Å². The molecule has 1 heterocycles. The monoisotopic (exact) mass is 324 g/mol. The van der Waals surface area contributed by atoms with Crippen molar-refractivity contribution in [2.24, 2.45) is 0 Å². The fourth-order valence-corrected chi connectivity index (χ4v) is 2.50. The molecule has 0 saturated carbocycles. The van der Waals surface area contributed by atoms with Gasteiger partial charge in [0.25, 0.3) is 0 Å². The number of pyridine rings is 1. The van der Waals surface area contributed by atoms with E-state index in [9.17, 15) is 0 Å². The maximum Gasteiger partial charge on any atom is 0.0417 e. The average Bonchev–Trinajstić information content (AvgIpc) is 2.38. The first-order valence-electron chi connectivity index (χ1n) is 5.74. The highest BCUT2D eigenvalue weighted by Crippen LogP contribution is 2.22. The maximum atomic E-state index is 5.92. The van der Waals surface area contributed by atoms with E-state index >= 15 is 0 Å². The van der Waals surface area contributed by atoms with Crippen LogP contribution in [-0.2, 0) is 6.54 Å². The molecule has 1 aromatic carbocycles. The predicted molar refractivity (Wildman–Crippen MR) is 78.6 cm³/mol. The standard InChI is InChI=1S/C14H14BrClN2/c1-10(11-3-2-6-17-8-11)18-9-12-4-5-13(16)7-14(12)15/h2-8,10,18H,9H2,1H3. The second-order valence-electron chi connectivity index (χ2n) is 4.12. The van der Waals surface area contributed by atoms with Gasteiger partial charge in [-0.05, 0) is 36.2 Å². The molecule has 94 valence electrons. The molecule has 1 aromatic heterocycles. The molecule has 0 aliphatic rings. The summed E-state index contributed by atoms with van der Waals surface area (Å²) >= 11 is 9.43. The molecule has 1 unspecified atom stereocenters. The molecular weight excluding hydrogens is 312 g/mol. The number of hydrogen-bond acceptors (Lipinski definition) is 2. The number of hydrogen-bond donors (Lipinski definition) is 1. The molecule has 2 aromatic rings. The number of nitrogens with zero attached hydrogens (tertiary/aromatic N) is 1. The summed E-state index contributed by atoms with van der Waals surface area (Å²) in [5.41, 5.74) is 2.37. The summed E-state index contributed by atoms with van der Waals surface area (Å²) in [5.74, 6) is 0. The van der Waals surface area contributed by atoms with Crippen LogP contribution in [0.3, 0.4) is 0 Å². The first kappa shape index (κ1) is 13.5. The zero-order valence-electron chi connectivity index (χ0n) is 10.0. The molecule has 2 nitrogen and oxygen atoms in total. The van der Waals surface area contributed by atoms with Crippen LogP contribution in [0.15, 0.2) is 47.2 Å². The molecule has 0 bridgehead atoms. The summed E-state index contributed by atoms with van der Waals surface area (Å²) in [6.45, 7) is 2.91. The predicted octanol–water partition coefficient (Wildman–Crippen LogP) is 4.35. The van der Waals surface area contributed by atoms with Crippen LogP contribution in [0, 0.1) is 0 Å². The highest BCUT2D eigenvalue weighted by atomic mass is 79.9. The topological polar surface area (TPSA) is 24.9 Å². The first-order chi connectivity index (χ1) is 8.66. The summed E-state index contributed by atoms with van der Waals surface area (Å²) in [6, 6.07) is 10.1. The third-order valence-corrected chi connectivity index (χ3v) is 3.77. The van der Waals surface area contributed by atoms with Crippen molar-refractivity contribution in [3.63, 3.8) is 0 Å². The van der Waals surface area contributed by atoms with Crippen molar-refractivity contribution in [3.05, 3.63) is 63.3 Å². The first-order valence-corrected chi connectivity index (χ1v) is 6.91. The fourth-order valence-electron chi connectivity index (χ4n) is 1.68. The van der Waals surface area contributed by atoms with Crippen LogP contribution in [0.25, 0.3) is 0 Å². The number of rotatable bonds is 4. The Morgan fingerprint density at radius 1 is 1.39 bits per heavy atom. The Morgan fingerprint density at radius 2 is 2.22 bits per heavy atom. The highest BCUT2D eigenvalue weighted by Gasteiger charge is 2.06. The molecule has 1 N–H and O–H groups in total. The van der Waals surface area contributed by atoms with E-state index in [0.717, 1.165) is 16.0 Å². The minimum absolute atomic E-state index is 0.265. The molecule has 1 atom stereocenters. The van der Waals surface area contributed by atoms with Crippen molar-refractivity contribution >= 4 is 27.5 Å². The second kappa shape index (κ2) is 6.32. The summed E-state index contributed by atoms with van der Waals surface area (Å²) in [4.78, 5) is 4.12. The molecule has 0 aliphatic heterocycles. The van der Waals surface area contributed by atoms with Crippen molar-refractivity contribution < 1.29 is 0 Å². The third kappa shape index (κ3) is 3.55. The van der Waals surface area contributed by atoms with Gasteiger partial charge in [-0.2, -0.15) is 0 Å². The highest BCUT2D eigenvalue weighted by molar-refractivity contribution is 9.10. The van der Waals surface area contributed by atoms with E-state index in [2.05, 4.69) is 39.2 Å². The van der Waals surface area contributed by atoms with Crippen LogP contribution >= 0.6 is 27.5 Å². The van der Waals surface area contributed by atoms with Crippen molar-refractivity contribution in [1.82, 2.24) is 10.3 Å². The van der Waals surface area contributed by atoms with Gasteiger partial charge < -0.3 is 5.32 Å². The van der Waals surface area contributed by atoms with Gasteiger partial charge in [0.2, 0.25) is 0 Å². The SMILES string of the molecule is CC(NCc1ccc(Cl)cc1Br)c1cccnc1. The Kier molecular flexibility index (Phi) is 4.75. The molecule has 2 rings (SSSR count). The molecule has 0 fully saturated rings. The van der Waals surface area contributed by atoms with Gasteiger partial charge in [0.15, 0.2) is 0 Å². The molecule has 4 heteroatoms. The van der Waals surface area contributed by atoms with E-state index < -0.39 is 0 Å². The second-order valence-corrected chi connectivity index (χ2v) is 5.42. The molecule has 0 radical (unpaired) electrons. The van der Waals surface area contributed by atoms with Gasteiger partial charge in [-0.25, -0.2) is 0 Å². The van der Waals surface area contributed by atoms with Crippen molar-refractivity contribution in [2.45, 2.75) is 19.5 Å². The fraction of sp³-hybridized carbons (Fsp3) is 0.214. The summed E-state index contributed by atoms with van der Waals surface area (Å²) in [6.07, 6.45) is 3.67. The van der Waals surface area contributed by atoms with Crippen LogP contribution < -0.4 is 5.32 Å². The van der Waals surface area contributed by atoms with Crippen molar-refractivity contribution in [3.8, 4) is 0 Å². The summed E-state index contributed by atoms with van der Waals surface area (Å²) < 4.78 is 1.03. The Labute approximate surface area is 121 Å². The lowest BCUT2D eigenvalue weighted by atomic mass is 10.1. The quantitative estimate of drug-likeness (QED) is 0.904. The summed E-state index contributed by atoms with van der Waals surface area (Å²) in [7, 11) is 0. The lowest BCUT2D eigenvalue weighted by molar-refractivity contribution is 0.572. The van der Waals surface area contributed by atoms with Gasteiger partial charge >= 0.3 is 0 Å². The van der Waals surface area contributed by atoms with Crippen LogP contribution in [0.4, 0.5) is 0 Å². The molecule has 18 heavy (non-hydrogen) atoms. The van der Waals surface area contributed by atoms with Gasteiger partial charge in [0, 0.05) is 34.5 Å². The number of halogens is 2. The Hall–Kier alpha value is -0.900. The zero-order chi connectivity index (χ0) is 13.0. The molecule has 0 amide bonds. The largest absolute Gasteiger partial charge is 0.306 e. The van der Waals surface area contributed by atoms with E-state index in [4.69, 9.17) is 11.6 Å². The Balaban J connectivity index is 1.99. The smallest absolute Gasteiger partial charge is 0.0417 e. The summed E-state index contributed by atoms with van der Waals surface area (Å²) in [5, 5.41) is 4.20. The van der Waals surface area contributed by atoms with Crippen LogP contribution in [0.1, 0.15) is 24.1 Å². The molecule has 0 aliphatic carbocycles. The number of nitrogens with one attached hydrogen (secondary N) is 1. The minimum atomic E-state index is 0.265. The van der Waals surface area contributed by atoms with Gasteiger partial charge in [-0.1, -0.05) is 39.7 Å². The lowest BCUT2D eigenvalue weighted by Gasteiger charge is -2.14. The van der Waals surface area contributed by atoms with E-state index in [1.54, 1.807) is 6.20 Å². The van der Waals surface area contributed by atoms with Gasteiger partial charge in [-0.3, -0.25) is 4.98 Å². The zero-order valence-corrected chi connectivity index (χ0v) is 12.4.